The molecular formula is C17H13NO2. The van der Waals surface area contributed by atoms with Crippen LogP contribution < -0.4 is 0 Å². The van der Waals surface area contributed by atoms with Crippen LogP contribution in [0.3, 0.4) is 0 Å². The fourth-order valence-electron chi connectivity index (χ4n) is 2.69. The SMILES string of the molecule is N#CC1C(=O)OC(c2ccccc2)C1c1ccccc1. The number of hydrogen-bond acceptors (Lipinski definition) is 3. The van der Waals surface area contributed by atoms with E-state index in [-0.39, 0.29) is 5.92 Å². The quantitative estimate of drug-likeness (QED) is 0.782. The largest absolute Gasteiger partial charge is 0.456 e. The fraction of sp³-hybridized carbons (Fsp3) is 0.176. The van der Waals surface area contributed by atoms with Crippen LogP contribution in [-0.2, 0) is 9.53 Å². The van der Waals surface area contributed by atoms with Crippen LogP contribution in [0.4, 0.5) is 0 Å². The third-order valence-corrected chi connectivity index (χ3v) is 3.63. The van der Waals surface area contributed by atoms with E-state index >= 15 is 0 Å². The van der Waals surface area contributed by atoms with Gasteiger partial charge in [0.05, 0.1) is 12.0 Å². The van der Waals surface area contributed by atoms with Crippen molar-refractivity contribution < 1.29 is 9.53 Å². The number of carbonyl (C=O) groups is 1. The average molecular weight is 263 g/mol. The molecule has 3 nitrogen and oxygen atoms in total. The summed E-state index contributed by atoms with van der Waals surface area (Å²) in [5, 5.41) is 9.28. The van der Waals surface area contributed by atoms with Gasteiger partial charge in [-0.15, -0.1) is 0 Å². The summed E-state index contributed by atoms with van der Waals surface area (Å²) >= 11 is 0. The Bertz CT molecular complexity index is 646. The first kappa shape index (κ1) is 12.4. The maximum Gasteiger partial charge on any atom is 0.324 e. The molecule has 1 aliphatic rings. The molecule has 2 aromatic rings. The van der Waals surface area contributed by atoms with Crippen molar-refractivity contribution in [2.45, 2.75) is 12.0 Å². The second-order valence-electron chi connectivity index (χ2n) is 4.81. The van der Waals surface area contributed by atoms with E-state index in [1.807, 2.05) is 60.7 Å². The number of carbonyl (C=O) groups excluding carboxylic acids is 1. The van der Waals surface area contributed by atoms with Crippen molar-refractivity contribution in [3.05, 3.63) is 71.8 Å². The maximum absolute atomic E-state index is 11.9. The molecule has 3 unspecified atom stereocenters. The van der Waals surface area contributed by atoms with Gasteiger partial charge in [-0.05, 0) is 11.1 Å². The molecule has 3 atom stereocenters. The van der Waals surface area contributed by atoms with Crippen LogP contribution in [0.2, 0.25) is 0 Å². The molecule has 0 spiro atoms. The number of ether oxygens (including phenoxy) is 1. The first-order valence-corrected chi connectivity index (χ1v) is 6.51. The number of cyclic esters (lactones) is 1. The smallest absolute Gasteiger partial charge is 0.324 e. The molecule has 0 aliphatic carbocycles. The third-order valence-electron chi connectivity index (χ3n) is 3.63. The lowest BCUT2D eigenvalue weighted by molar-refractivity contribution is -0.143. The minimum absolute atomic E-state index is 0.254. The van der Waals surface area contributed by atoms with Crippen molar-refractivity contribution in [1.29, 1.82) is 5.26 Å². The Balaban J connectivity index is 2.06. The monoisotopic (exact) mass is 263 g/mol. The predicted octanol–water partition coefficient (Wildman–Crippen LogP) is 3.21. The van der Waals surface area contributed by atoms with Gasteiger partial charge in [0, 0.05) is 0 Å². The van der Waals surface area contributed by atoms with Crippen molar-refractivity contribution in [3.63, 3.8) is 0 Å². The summed E-state index contributed by atoms with van der Waals surface area (Å²) in [6.45, 7) is 0. The first-order chi connectivity index (χ1) is 9.81. The van der Waals surface area contributed by atoms with Gasteiger partial charge in [-0.3, -0.25) is 4.79 Å². The fourth-order valence-corrected chi connectivity index (χ4v) is 2.69. The summed E-state index contributed by atoms with van der Waals surface area (Å²) in [7, 11) is 0. The first-order valence-electron chi connectivity index (χ1n) is 6.51. The second-order valence-corrected chi connectivity index (χ2v) is 4.81. The average Bonchev–Trinajstić information content (AvgIpc) is 2.85. The van der Waals surface area contributed by atoms with Gasteiger partial charge < -0.3 is 4.74 Å². The van der Waals surface area contributed by atoms with E-state index in [0.29, 0.717) is 0 Å². The zero-order chi connectivity index (χ0) is 13.9. The molecule has 2 aromatic carbocycles. The number of rotatable bonds is 2. The Morgan fingerprint density at radius 3 is 2.00 bits per heavy atom. The summed E-state index contributed by atoms with van der Waals surface area (Å²) < 4.78 is 5.46. The predicted molar refractivity (Wildman–Crippen MR) is 73.6 cm³/mol. The summed E-state index contributed by atoms with van der Waals surface area (Å²) in [4.78, 5) is 11.9. The Hall–Kier alpha value is -2.60. The van der Waals surface area contributed by atoms with Crippen molar-refractivity contribution in [1.82, 2.24) is 0 Å². The van der Waals surface area contributed by atoms with Crippen molar-refractivity contribution >= 4 is 5.97 Å². The molecule has 0 radical (unpaired) electrons. The van der Waals surface area contributed by atoms with E-state index in [1.54, 1.807) is 0 Å². The van der Waals surface area contributed by atoms with Gasteiger partial charge in [-0.1, -0.05) is 60.7 Å². The highest BCUT2D eigenvalue weighted by atomic mass is 16.6. The molecule has 3 rings (SSSR count). The topological polar surface area (TPSA) is 50.1 Å². The Kier molecular flexibility index (Phi) is 3.22. The molecule has 1 fully saturated rings. The van der Waals surface area contributed by atoms with Crippen molar-refractivity contribution in [3.8, 4) is 6.07 Å². The highest BCUT2D eigenvalue weighted by Crippen LogP contribution is 2.45. The van der Waals surface area contributed by atoms with Gasteiger partial charge in [0.1, 0.15) is 6.10 Å². The van der Waals surface area contributed by atoms with Gasteiger partial charge in [-0.2, -0.15) is 5.26 Å². The van der Waals surface area contributed by atoms with Gasteiger partial charge in [0.2, 0.25) is 0 Å². The van der Waals surface area contributed by atoms with E-state index in [4.69, 9.17) is 4.74 Å². The summed E-state index contributed by atoms with van der Waals surface area (Å²) in [6.07, 6.45) is -0.393. The van der Waals surface area contributed by atoms with Gasteiger partial charge in [-0.25, -0.2) is 0 Å². The molecule has 0 bridgehead atoms. The van der Waals surface area contributed by atoms with E-state index in [0.717, 1.165) is 11.1 Å². The van der Waals surface area contributed by atoms with Crippen LogP contribution in [0, 0.1) is 17.2 Å². The molecule has 1 saturated heterocycles. The highest BCUT2D eigenvalue weighted by molar-refractivity contribution is 5.79. The van der Waals surface area contributed by atoms with Crippen LogP contribution in [-0.4, -0.2) is 5.97 Å². The molecule has 20 heavy (non-hydrogen) atoms. The standard InChI is InChI=1S/C17H13NO2/c18-11-14-15(12-7-3-1-4-8-12)16(20-17(14)19)13-9-5-2-6-10-13/h1-10,14-16H. The van der Waals surface area contributed by atoms with Crippen LogP contribution >= 0.6 is 0 Å². The van der Waals surface area contributed by atoms with Gasteiger partial charge >= 0.3 is 5.97 Å². The van der Waals surface area contributed by atoms with Crippen LogP contribution in [0.25, 0.3) is 0 Å². The normalized spacial score (nSPS) is 24.9. The summed E-state index contributed by atoms with van der Waals surface area (Å²) in [5.74, 6) is -1.44. The van der Waals surface area contributed by atoms with Gasteiger partial charge in [0.25, 0.3) is 0 Å². The van der Waals surface area contributed by atoms with Crippen molar-refractivity contribution in [2.24, 2.45) is 5.92 Å². The maximum atomic E-state index is 11.9. The lowest BCUT2D eigenvalue weighted by Gasteiger charge is -2.19. The number of esters is 1. The third kappa shape index (κ3) is 2.06. The lowest BCUT2D eigenvalue weighted by atomic mass is 9.82. The number of benzene rings is 2. The van der Waals surface area contributed by atoms with Crippen LogP contribution in [0.15, 0.2) is 60.7 Å². The molecular weight excluding hydrogens is 250 g/mol. The van der Waals surface area contributed by atoms with E-state index in [1.165, 1.54) is 0 Å². The highest BCUT2D eigenvalue weighted by Gasteiger charge is 2.46. The molecule has 3 heteroatoms. The zero-order valence-corrected chi connectivity index (χ0v) is 10.8. The molecule has 1 aliphatic heterocycles. The zero-order valence-electron chi connectivity index (χ0n) is 10.8. The molecule has 0 aromatic heterocycles. The Labute approximate surface area is 117 Å². The number of hydrogen-bond donors (Lipinski definition) is 0. The van der Waals surface area contributed by atoms with Crippen LogP contribution in [0.5, 0.6) is 0 Å². The summed E-state index contributed by atoms with van der Waals surface area (Å²) in [6, 6.07) is 21.3. The van der Waals surface area contributed by atoms with E-state index in [2.05, 4.69) is 6.07 Å². The second kappa shape index (κ2) is 5.18. The minimum atomic E-state index is -0.748. The number of nitrogens with zero attached hydrogens (tertiary/aromatic N) is 1. The van der Waals surface area contributed by atoms with E-state index < -0.39 is 18.0 Å². The van der Waals surface area contributed by atoms with Crippen molar-refractivity contribution in [2.75, 3.05) is 0 Å². The molecule has 0 saturated carbocycles. The molecule has 1 heterocycles. The molecule has 0 amide bonds. The van der Waals surface area contributed by atoms with Gasteiger partial charge in [0.15, 0.2) is 5.92 Å². The minimum Gasteiger partial charge on any atom is -0.456 e. The Morgan fingerprint density at radius 2 is 1.45 bits per heavy atom. The van der Waals surface area contributed by atoms with Crippen LogP contribution in [0.1, 0.15) is 23.1 Å². The molecule has 0 N–H and O–H groups in total. The molecule has 98 valence electrons. The number of nitriles is 1. The Morgan fingerprint density at radius 1 is 0.900 bits per heavy atom. The summed E-state index contributed by atoms with van der Waals surface area (Å²) in [5.41, 5.74) is 1.88. The van der Waals surface area contributed by atoms with E-state index in [9.17, 15) is 10.1 Å². The lowest BCUT2D eigenvalue weighted by Crippen LogP contribution is -2.13.